The van der Waals surface area contributed by atoms with Gasteiger partial charge in [0.15, 0.2) is 5.13 Å². The van der Waals surface area contributed by atoms with E-state index in [4.69, 9.17) is 0 Å². The molecule has 6 nitrogen and oxygen atoms in total. The number of benzene rings is 2. The topological polar surface area (TPSA) is 70.1 Å². The Bertz CT molecular complexity index is 1190. The molecule has 0 atom stereocenters. The number of hydrogen-bond acceptors (Lipinski definition) is 6. The number of amides is 1. The molecule has 0 aliphatic rings. The van der Waals surface area contributed by atoms with Crippen molar-refractivity contribution in [2.45, 2.75) is 6.92 Å². The molecule has 0 bridgehead atoms. The minimum atomic E-state index is -0.129. The van der Waals surface area contributed by atoms with E-state index < -0.39 is 0 Å². The molecule has 0 fully saturated rings. The van der Waals surface area contributed by atoms with Gasteiger partial charge in [-0.15, -0.1) is 11.3 Å². The summed E-state index contributed by atoms with van der Waals surface area (Å²) in [6.07, 6.45) is 3.51. The zero-order chi connectivity index (χ0) is 21.8. The van der Waals surface area contributed by atoms with Gasteiger partial charge in [0.1, 0.15) is 0 Å². The van der Waals surface area contributed by atoms with Crippen molar-refractivity contribution in [2.24, 2.45) is 0 Å². The quantitative estimate of drug-likeness (QED) is 0.419. The summed E-state index contributed by atoms with van der Waals surface area (Å²) in [5, 5.41) is 9.07. The van der Waals surface area contributed by atoms with Gasteiger partial charge in [0, 0.05) is 60.1 Å². The van der Waals surface area contributed by atoms with E-state index >= 15 is 0 Å². The fourth-order valence-corrected chi connectivity index (χ4v) is 3.99. The van der Waals surface area contributed by atoms with Crippen LogP contribution in [-0.4, -0.2) is 30.0 Å². The standard InChI is InChI=1S/C24H23N5OS/c1-16-14-18(4-9-22(16)29(2)3)23(30)26-19-5-7-20(8-6-19)27-24-28-21(15-31-24)17-10-12-25-13-11-17/h4-15H,1-3H3,(H,26,30)(H,27,28). The molecule has 2 N–H and O–H groups in total. The van der Waals surface area contributed by atoms with Crippen LogP contribution in [0.25, 0.3) is 11.3 Å². The Hall–Kier alpha value is -3.71. The Morgan fingerprint density at radius 3 is 2.35 bits per heavy atom. The summed E-state index contributed by atoms with van der Waals surface area (Å²) in [6.45, 7) is 2.01. The zero-order valence-corrected chi connectivity index (χ0v) is 18.4. The smallest absolute Gasteiger partial charge is 0.255 e. The zero-order valence-electron chi connectivity index (χ0n) is 17.6. The highest BCUT2D eigenvalue weighted by Gasteiger charge is 2.10. The average molecular weight is 430 g/mol. The van der Waals surface area contributed by atoms with E-state index in [0.717, 1.165) is 39.0 Å². The molecule has 31 heavy (non-hydrogen) atoms. The van der Waals surface area contributed by atoms with Crippen molar-refractivity contribution in [1.82, 2.24) is 9.97 Å². The fraction of sp³-hybridized carbons (Fsp3) is 0.125. The minimum Gasteiger partial charge on any atom is -0.377 e. The molecule has 0 spiro atoms. The number of anilines is 4. The van der Waals surface area contributed by atoms with Crippen LogP contribution in [0.3, 0.4) is 0 Å². The van der Waals surface area contributed by atoms with Crippen molar-refractivity contribution in [3.63, 3.8) is 0 Å². The summed E-state index contributed by atoms with van der Waals surface area (Å²) in [5.41, 5.74) is 6.38. The first-order chi connectivity index (χ1) is 15.0. The van der Waals surface area contributed by atoms with E-state index in [9.17, 15) is 4.79 Å². The maximum atomic E-state index is 12.6. The molecule has 2 aromatic carbocycles. The minimum absolute atomic E-state index is 0.129. The van der Waals surface area contributed by atoms with Gasteiger partial charge < -0.3 is 15.5 Å². The van der Waals surface area contributed by atoms with Gasteiger partial charge in [0.25, 0.3) is 5.91 Å². The van der Waals surface area contributed by atoms with E-state index in [-0.39, 0.29) is 5.91 Å². The molecule has 0 saturated heterocycles. The first-order valence-corrected chi connectivity index (χ1v) is 10.7. The number of carbonyl (C=O) groups is 1. The molecule has 0 saturated carbocycles. The summed E-state index contributed by atoms with van der Waals surface area (Å²) in [7, 11) is 3.98. The van der Waals surface area contributed by atoms with Gasteiger partial charge in [-0.2, -0.15) is 0 Å². The van der Waals surface area contributed by atoms with E-state index in [1.807, 2.05) is 85.9 Å². The largest absolute Gasteiger partial charge is 0.377 e. The Kier molecular flexibility index (Phi) is 5.95. The monoisotopic (exact) mass is 429 g/mol. The lowest BCUT2D eigenvalue weighted by Gasteiger charge is -2.16. The molecule has 2 aromatic heterocycles. The average Bonchev–Trinajstić information content (AvgIpc) is 3.24. The van der Waals surface area contributed by atoms with Crippen LogP contribution in [0.1, 0.15) is 15.9 Å². The molecule has 4 rings (SSSR count). The van der Waals surface area contributed by atoms with E-state index in [0.29, 0.717) is 5.56 Å². The molecule has 0 aliphatic carbocycles. The Labute approximate surface area is 185 Å². The number of thiazole rings is 1. The Morgan fingerprint density at radius 2 is 1.68 bits per heavy atom. The van der Waals surface area contributed by atoms with Crippen LogP contribution in [-0.2, 0) is 0 Å². The Morgan fingerprint density at radius 1 is 0.968 bits per heavy atom. The molecular weight excluding hydrogens is 406 g/mol. The molecule has 1 amide bonds. The molecule has 156 valence electrons. The van der Waals surface area contributed by atoms with E-state index in [1.165, 1.54) is 11.3 Å². The number of nitrogens with one attached hydrogen (secondary N) is 2. The summed E-state index contributed by atoms with van der Waals surface area (Å²) in [5.74, 6) is -0.129. The van der Waals surface area contributed by atoms with Gasteiger partial charge in [0.2, 0.25) is 0 Å². The van der Waals surface area contributed by atoms with Crippen LogP contribution in [0.15, 0.2) is 72.4 Å². The maximum absolute atomic E-state index is 12.6. The highest BCUT2D eigenvalue weighted by atomic mass is 32.1. The second-order valence-corrected chi connectivity index (χ2v) is 8.18. The summed E-state index contributed by atoms with van der Waals surface area (Å²) in [4.78, 5) is 23.3. The van der Waals surface area contributed by atoms with Crippen molar-refractivity contribution < 1.29 is 4.79 Å². The number of carbonyl (C=O) groups excluding carboxylic acids is 1. The SMILES string of the molecule is Cc1cc(C(=O)Nc2ccc(Nc3nc(-c4ccncc4)cs3)cc2)ccc1N(C)C. The van der Waals surface area contributed by atoms with Gasteiger partial charge in [-0.1, -0.05) is 0 Å². The number of hydrogen-bond donors (Lipinski definition) is 2. The van der Waals surface area contributed by atoms with Gasteiger partial charge in [0.05, 0.1) is 5.69 Å². The number of pyridine rings is 1. The van der Waals surface area contributed by atoms with Gasteiger partial charge in [-0.3, -0.25) is 9.78 Å². The second kappa shape index (κ2) is 8.97. The second-order valence-electron chi connectivity index (χ2n) is 7.33. The molecular formula is C24H23N5OS. The normalized spacial score (nSPS) is 10.5. The van der Waals surface area contributed by atoms with Crippen molar-refractivity contribution >= 4 is 39.4 Å². The number of rotatable bonds is 6. The van der Waals surface area contributed by atoms with Crippen LogP contribution in [0, 0.1) is 6.92 Å². The van der Waals surface area contributed by atoms with Crippen LogP contribution >= 0.6 is 11.3 Å². The van der Waals surface area contributed by atoms with Crippen LogP contribution in [0.4, 0.5) is 22.2 Å². The molecule has 0 radical (unpaired) electrons. The van der Waals surface area contributed by atoms with Crippen molar-refractivity contribution in [1.29, 1.82) is 0 Å². The molecule has 2 heterocycles. The third-order valence-corrected chi connectivity index (χ3v) is 5.57. The summed E-state index contributed by atoms with van der Waals surface area (Å²) >= 11 is 1.54. The molecule has 7 heteroatoms. The third-order valence-electron chi connectivity index (χ3n) is 4.82. The van der Waals surface area contributed by atoms with Crippen molar-refractivity contribution in [3.05, 3.63) is 83.5 Å². The lowest BCUT2D eigenvalue weighted by atomic mass is 10.1. The highest BCUT2D eigenvalue weighted by molar-refractivity contribution is 7.14. The summed E-state index contributed by atoms with van der Waals surface area (Å²) < 4.78 is 0. The van der Waals surface area contributed by atoms with Crippen molar-refractivity contribution in [2.75, 3.05) is 29.6 Å². The van der Waals surface area contributed by atoms with E-state index in [1.54, 1.807) is 12.4 Å². The van der Waals surface area contributed by atoms with Gasteiger partial charge in [-0.25, -0.2) is 4.98 Å². The fourth-order valence-electron chi connectivity index (χ4n) is 3.25. The van der Waals surface area contributed by atoms with Crippen LogP contribution in [0.5, 0.6) is 0 Å². The number of aryl methyl sites for hydroxylation is 1. The van der Waals surface area contributed by atoms with E-state index in [2.05, 4.69) is 20.6 Å². The van der Waals surface area contributed by atoms with Gasteiger partial charge in [-0.05, 0) is 67.1 Å². The first kappa shape index (κ1) is 20.6. The van der Waals surface area contributed by atoms with Gasteiger partial charge >= 0.3 is 0 Å². The van der Waals surface area contributed by atoms with Crippen molar-refractivity contribution in [3.8, 4) is 11.3 Å². The third kappa shape index (κ3) is 4.90. The highest BCUT2D eigenvalue weighted by Crippen LogP contribution is 2.27. The van der Waals surface area contributed by atoms with Crippen LogP contribution in [0.2, 0.25) is 0 Å². The maximum Gasteiger partial charge on any atom is 0.255 e. The number of aromatic nitrogens is 2. The Balaban J connectivity index is 1.40. The lowest BCUT2D eigenvalue weighted by Crippen LogP contribution is -2.14. The predicted molar refractivity (Wildman–Crippen MR) is 129 cm³/mol. The summed E-state index contributed by atoms with van der Waals surface area (Å²) in [6, 6.07) is 17.2. The predicted octanol–water partition coefficient (Wildman–Crippen LogP) is 5.58. The number of nitrogens with zero attached hydrogens (tertiary/aromatic N) is 3. The molecule has 4 aromatic rings. The molecule has 0 unspecified atom stereocenters. The molecule has 0 aliphatic heterocycles. The van der Waals surface area contributed by atoms with Crippen LogP contribution < -0.4 is 15.5 Å². The lowest BCUT2D eigenvalue weighted by molar-refractivity contribution is 0.102. The first-order valence-electron chi connectivity index (χ1n) is 9.82.